The maximum Gasteiger partial charge on any atom is 0.273 e. The monoisotopic (exact) mass is 382 g/mol. The molecule has 0 unspecified atom stereocenters. The Hall–Kier alpha value is -2.12. The van der Waals surface area contributed by atoms with Gasteiger partial charge in [-0.15, -0.1) is 0 Å². The van der Waals surface area contributed by atoms with Crippen molar-refractivity contribution in [3.05, 3.63) is 74.0 Å². The van der Waals surface area contributed by atoms with Crippen LogP contribution < -0.4 is 5.32 Å². The maximum absolute atomic E-state index is 13.6. The van der Waals surface area contributed by atoms with Gasteiger partial charge in [0.15, 0.2) is 0 Å². The molecule has 0 radical (unpaired) electrons. The molecule has 0 aliphatic rings. The summed E-state index contributed by atoms with van der Waals surface area (Å²) in [5.74, 6) is 0.240. The molecular formula is C17H16ClFN2O3S. The molecule has 0 saturated heterocycles. The molecule has 0 fully saturated rings. The molecule has 2 aromatic carbocycles. The number of amides is 1. The average molecular weight is 383 g/mol. The fraction of sp³-hybridized carbons (Fsp3) is 0.235. The van der Waals surface area contributed by atoms with Crippen molar-refractivity contribution in [2.24, 2.45) is 0 Å². The first kappa shape index (κ1) is 19.2. The Labute approximate surface area is 153 Å². The lowest BCUT2D eigenvalue weighted by Gasteiger charge is -2.09. The van der Waals surface area contributed by atoms with Gasteiger partial charge in [-0.25, -0.2) is 4.39 Å². The van der Waals surface area contributed by atoms with Crippen LogP contribution in [-0.4, -0.2) is 23.1 Å². The highest BCUT2D eigenvalue weighted by atomic mass is 35.5. The number of benzene rings is 2. The second-order valence-electron chi connectivity index (χ2n) is 5.22. The van der Waals surface area contributed by atoms with Gasteiger partial charge in [-0.3, -0.25) is 14.9 Å². The SMILES string of the molecule is Cc1c(C(=O)NCCSCc2c(F)cccc2Cl)cccc1[N+](=O)[O-]. The van der Waals surface area contributed by atoms with Crippen LogP contribution in [0.3, 0.4) is 0 Å². The lowest BCUT2D eigenvalue weighted by molar-refractivity contribution is -0.385. The highest BCUT2D eigenvalue weighted by Gasteiger charge is 2.17. The van der Waals surface area contributed by atoms with Crippen molar-refractivity contribution in [2.75, 3.05) is 12.3 Å². The lowest BCUT2D eigenvalue weighted by atomic mass is 10.1. The molecule has 0 atom stereocenters. The van der Waals surface area contributed by atoms with Crippen molar-refractivity contribution < 1.29 is 14.1 Å². The summed E-state index contributed by atoms with van der Waals surface area (Å²) in [6.45, 7) is 1.90. The molecule has 0 heterocycles. The van der Waals surface area contributed by atoms with Crippen molar-refractivity contribution in [3.8, 4) is 0 Å². The highest BCUT2D eigenvalue weighted by molar-refractivity contribution is 7.98. The van der Waals surface area contributed by atoms with E-state index in [-0.39, 0.29) is 23.0 Å². The Balaban J connectivity index is 1.85. The first-order valence-electron chi connectivity index (χ1n) is 7.44. The van der Waals surface area contributed by atoms with E-state index in [0.717, 1.165) is 0 Å². The fourth-order valence-electron chi connectivity index (χ4n) is 2.24. The van der Waals surface area contributed by atoms with Crippen LogP contribution in [0.4, 0.5) is 10.1 Å². The number of nitrogens with zero attached hydrogens (tertiary/aromatic N) is 1. The van der Waals surface area contributed by atoms with Crippen molar-refractivity contribution in [3.63, 3.8) is 0 Å². The van der Waals surface area contributed by atoms with Crippen LogP contribution in [0.5, 0.6) is 0 Å². The van der Waals surface area contributed by atoms with Gasteiger partial charge in [-0.1, -0.05) is 23.7 Å². The maximum atomic E-state index is 13.6. The fourth-order valence-corrected chi connectivity index (χ4v) is 3.44. The number of nitrogens with one attached hydrogen (secondary N) is 1. The van der Waals surface area contributed by atoms with Gasteiger partial charge >= 0.3 is 0 Å². The minimum Gasteiger partial charge on any atom is -0.351 e. The largest absolute Gasteiger partial charge is 0.351 e. The molecule has 5 nitrogen and oxygen atoms in total. The van der Waals surface area contributed by atoms with Crippen LogP contribution in [0.2, 0.25) is 5.02 Å². The second-order valence-corrected chi connectivity index (χ2v) is 6.73. The standard InChI is InChI=1S/C17H16ClFN2O3S/c1-11-12(4-2-7-16(11)21(23)24)17(22)20-8-9-25-10-13-14(18)5-3-6-15(13)19/h2-7H,8-10H2,1H3,(H,20,22). The summed E-state index contributed by atoms with van der Waals surface area (Å²) >= 11 is 7.39. The number of nitro groups is 1. The highest BCUT2D eigenvalue weighted by Crippen LogP contribution is 2.24. The zero-order valence-corrected chi connectivity index (χ0v) is 15.0. The molecule has 0 aromatic heterocycles. The number of nitro benzene ring substituents is 1. The molecule has 1 N–H and O–H groups in total. The summed E-state index contributed by atoms with van der Waals surface area (Å²) in [6, 6.07) is 8.93. The Bertz CT molecular complexity index is 781. The summed E-state index contributed by atoms with van der Waals surface area (Å²) in [4.78, 5) is 22.6. The summed E-state index contributed by atoms with van der Waals surface area (Å²) in [7, 11) is 0. The summed E-state index contributed by atoms with van der Waals surface area (Å²) in [6.07, 6.45) is 0. The number of carbonyl (C=O) groups excluding carboxylic acids is 1. The molecule has 1 amide bonds. The third-order valence-corrected chi connectivity index (χ3v) is 4.93. The molecule has 0 saturated carbocycles. The molecule has 8 heteroatoms. The van der Waals surface area contributed by atoms with E-state index in [1.165, 1.54) is 30.0 Å². The summed E-state index contributed by atoms with van der Waals surface area (Å²) < 4.78 is 13.6. The van der Waals surface area contributed by atoms with E-state index in [2.05, 4.69) is 5.32 Å². The van der Waals surface area contributed by atoms with Crippen molar-refractivity contribution in [1.82, 2.24) is 5.32 Å². The third kappa shape index (κ3) is 4.93. The molecule has 25 heavy (non-hydrogen) atoms. The smallest absolute Gasteiger partial charge is 0.273 e. The summed E-state index contributed by atoms with van der Waals surface area (Å²) in [5.41, 5.74) is 0.957. The number of halogens is 2. The average Bonchev–Trinajstić information content (AvgIpc) is 2.56. The van der Waals surface area contributed by atoms with Gasteiger partial charge in [0, 0.05) is 45.8 Å². The topological polar surface area (TPSA) is 72.2 Å². The predicted molar refractivity (Wildman–Crippen MR) is 97.7 cm³/mol. The van der Waals surface area contributed by atoms with Crippen LogP contribution in [0.25, 0.3) is 0 Å². The molecule has 0 bridgehead atoms. The summed E-state index contributed by atoms with van der Waals surface area (Å²) in [5, 5.41) is 14.0. The van der Waals surface area contributed by atoms with Gasteiger partial charge in [-0.2, -0.15) is 11.8 Å². The van der Waals surface area contributed by atoms with E-state index in [0.29, 0.717) is 34.2 Å². The van der Waals surface area contributed by atoms with Crippen LogP contribution in [-0.2, 0) is 5.75 Å². The Kier molecular flexibility index (Phi) is 6.78. The number of carbonyl (C=O) groups is 1. The predicted octanol–water partition coefficient (Wildman–Crippen LogP) is 4.36. The quantitative estimate of drug-likeness (QED) is 0.438. The second kappa shape index (κ2) is 8.82. The van der Waals surface area contributed by atoms with Gasteiger partial charge in [0.1, 0.15) is 5.82 Å². The van der Waals surface area contributed by atoms with Crippen molar-refractivity contribution >= 4 is 35.0 Å². The molecule has 0 aliphatic carbocycles. The Morgan fingerprint density at radius 2 is 2.04 bits per heavy atom. The molecule has 0 aliphatic heterocycles. The Morgan fingerprint density at radius 1 is 1.32 bits per heavy atom. The van der Waals surface area contributed by atoms with Crippen LogP contribution >= 0.6 is 23.4 Å². The van der Waals surface area contributed by atoms with Crippen LogP contribution in [0.15, 0.2) is 36.4 Å². The molecule has 2 aromatic rings. The third-order valence-electron chi connectivity index (χ3n) is 3.59. The van der Waals surface area contributed by atoms with Gasteiger partial charge in [-0.05, 0) is 25.1 Å². The Morgan fingerprint density at radius 3 is 2.72 bits per heavy atom. The van der Waals surface area contributed by atoms with E-state index in [9.17, 15) is 19.3 Å². The number of rotatable bonds is 7. The number of thioether (sulfide) groups is 1. The molecule has 0 spiro atoms. The van der Waals surface area contributed by atoms with Crippen molar-refractivity contribution in [1.29, 1.82) is 0 Å². The first-order chi connectivity index (χ1) is 11.9. The molecule has 2 rings (SSSR count). The van der Waals surface area contributed by atoms with E-state index in [1.807, 2.05) is 0 Å². The minimum atomic E-state index is -0.514. The van der Waals surface area contributed by atoms with Gasteiger partial charge < -0.3 is 5.32 Å². The lowest BCUT2D eigenvalue weighted by Crippen LogP contribution is -2.26. The van der Waals surface area contributed by atoms with Gasteiger partial charge in [0.2, 0.25) is 0 Å². The zero-order chi connectivity index (χ0) is 18.4. The van der Waals surface area contributed by atoms with Gasteiger partial charge in [0.25, 0.3) is 11.6 Å². The minimum absolute atomic E-state index is 0.0868. The first-order valence-corrected chi connectivity index (χ1v) is 8.98. The zero-order valence-electron chi connectivity index (χ0n) is 13.4. The van der Waals surface area contributed by atoms with Crippen LogP contribution in [0.1, 0.15) is 21.5 Å². The van der Waals surface area contributed by atoms with E-state index in [4.69, 9.17) is 11.6 Å². The normalized spacial score (nSPS) is 10.5. The van der Waals surface area contributed by atoms with Crippen molar-refractivity contribution in [2.45, 2.75) is 12.7 Å². The van der Waals surface area contributed by atoms with E-state index >= 15 is 0 Å². The molecule has 132 valence electrons. The van der Waals surface area contributed by atoms with E-state index < -0.39 is 4.92 Å². The van der Waals surface area contributed by atoms with Gasteiger partial charge in [0.05, 0.1) is 4.92 Å². The number of hydrogen-bond donors (Lipinski definition) is 1. The van der Waals surface area contributed by atoms with Crippen LogP contribution in [0, 0.1) is 22.9 Å². The number of hydrogen-bond acceptors (Lipinski definition) is 4. The van der Waals surface area contributed by atoms with E-state index in [1.54, 1.807) is 25.1 Å². The molecular weight excluding hydrogens is 367 g/mol.